The van der Waals surface area contributed by atoms with Crippen molar-refractivity contribution in [3.63, 3.8) is 0 Å². The van der Waals surface area contributed by atoms with Crippen molar-refractivity contribution in [1.29, 1.82) is 0 Å². The summed E-state index contributed by atoms with van der Waals surface area (Å²) in [6.07, 6.45) is 5.79. The lowest BCUT2D eigenvalue weighted by atomic mass is 9.99. The van der Waals surface area contributed by atoms with Crippen molar-refractivity contribution in [1.82, 2.24) is 19.8 Å². The molecule has 2 aliphatic rings. The van der Waals surface area contributed by atoms with Crippen LogP contribution in [0.15, 0.2) is 12.4 Å². The molecule has 1 aromatic heterocycles. The summed E-state index contributed by atoms with van der Waals surface area (Å²) in [7, 11) is 0. The van der Waals surface area contributed by atoms with Crippen LogP contribution in [0.3, 0.4) is 0 Å². The molecule has 1 aromatic rings. The molecule has 7 heteroatoms. The third kappa shape index (κ3) is 3.91. The van der Waals surface area contributed by atoms with Gasteiger partial charge in [-0.25, -0.2) is 9.97 Å². The first kappa shape index (κ1) is 17.6. The lowest BCUT2D eigenvalue weighted by Crippen LogP contribution is -2.48. The molecule has 7 nitrogen and oxygen atoms in total. The minimum absolute atomic E-state index is 0.0116. The van der Waals surface area contributed by atoms with Crippen molar-refractivity contribution < 1.29 is 9.59 Å². The Hall–Kier alpha value is -2.18. The monoisotopic (exact) mass is 345 g/mol. The molecule has 2 aliphatic heterocycles. The van der Waals surface area contributed by atoms with Crippen LogP contribution in [0.1, 0.15) is 50.0 Å². The molecule has 0 aliphatic carbocycles. The SMILES string of the molecule is CCC1CCCCN1C(=O)c1cc(N2CCN(C(C)=O)CC2)ncn1. The molecule has 0 saturated carbocycles. The van der Waals surface area contributed by atoms with Crippen LogP contribution in [-0.4, -0.2) is 70.3 Å². The summed E-state index contributed by atoms with van der Waals surface area (Å²) in [5.41, 5.74) is 0.472. The fourth-order valence-corrected chi connectivity index (χ4v) is 3.73. The number of carbonyl (C=O) groups is 2. The number of aromatic nitrogens is 2. The highest BCUT2D eigenvalue weighted by Crippen LogP contribution is 2.22. The summed E-state index contributed by atoms with van der Waals surface area (Å²) < 4.78 is 0. The Balaban J connectivity index is 1.71. The number of amides is 2. The van der Waals surface area contributed by atoms with E-state index in [1.807, 2.05) is 9.80 Å². The van der Waals surface area contributed by atoms with E-state index in [0.717, 1.165) is 44.7 Å². The molecule has 3 rings (SSSR count). The molecule has 2 saturated heterocycles. The molecular weight excluding hydrogens is 318 g/mol. The summed E-state index contributed by atoms with van der Waals surface area (Å²) in [6.45, 7) is 7.38. The van der Waals surface area contributed by atoms with Gasteiger partial charge in [0.25, 0.3) is 5.91 Å². The van der Waals surface area contributed by atoms with Crippen molar-refractivity contribution in [3.8, 4) is 0 Å². The molecule has 3 heterocycles. The predicted octanol–water partition coefficient (Wildman–Crippen LogP) is 1.55. The molecular formula is C18H27N5O2. The second kappa shape index (κ2) is 7.80. The average Bonchev–Trinajstić information content (AvgIpc) is 2.67. The Labute approximate surface area is 149 Å². The van der Waals surface area contributed by atoms with Gasteiger partial charge in [-0.05, 0) is 25.7 Å². The van der Waals surface area contributed by atoms with Gasteiger partial charge in [0.2, 0.25) is 5.91 Å². The van der Waals surface area contributed by atoms with Gasteiger partial charge in [0.15, 0.2) is 0 Å². The van der Waals surface area contributed by atoms with Gasteiger partial charge in [0.05, 0.1) is 0 Å². The van der Waals surface area contributed by atoms with Gasteiger partial charge in [0.1, 0.15) is 17.8 Å². The highest BCUT2D eigenvalue weighted by molar-refractivity contribution is 5.93. The van der Waals surface area contributed by atoms with Gasteiger partial charge < -0.3 is 14.7 Å². The lowest BCUT2D eigenvalue weighted by Gasteiger charge is -2.36. The molecule has 136 valence electrons. The van der Waals surface area contributed by atoms with E-state index < -0.39 is 0 Å². The van der Waals surface area contributed by atoms with E-state index in [0.29, 0.717) is 24.8 Å². The van der Waals surface area contributed by atoms with Crippen LogP contribution in [-0.2, 0) is 4.79 Å². The minimum Gasteiger partial charge on any atom is -0.353 e. The smallest absolute Gasteiger partial charge is 0.272 e. The van der Waals surface area contributed by atoms with Gasteiger partial charge in [-0.3, -0.25) is 9.59 Å². The van der Waals surface area contributed by atoms with Crippen LogP contribution in [0.4, 0.5) is 5.82 Å². The second-order valence-electron chi connectivity index (χ2n) is 6.81. The fourth-order valence-electron chi connectivity index (χ4n) is 3.73. The molecule has 1 unspecified atom stereocenters. The summed E-state index contributed by atoms with van der Waals surface area (Å²) in [4.78, 5) is 38.9. The number of piperidine rings is 1. The molecule has 25 heavy (non-hydrogen) atoms. The van der Waals surface area contributed by atoms with E-state index in [1.54, 1.807) is 13.0 Å². The van der Waals surface area contributed by atoms with Gasteiger partial charge in [-0.15, -0.1) is 0 Å². The highest BCUT2D eigenvalue weighted by Gasteiger charge is 2.28. The minimum atomic E-state index is 0.0116. The molecule has 2 amide bonds. The maximum absolute atomic E-state index is 12.9. The summed E-state index contributed by atoms with van der Waals surface area (Å²) in [5, 5.41) is 0. The van der Waals surface area contributed by atoms with E-state index in [9.17, 15) is 9.59 Å². The third-order valence-electron chi connectivity index (χ3n) is 5.28. The van der Waals surface area contributed by atoms with Crippen molar-refractivity contribution in [2.24, 2.45) is 0 Å². The summed E-state index contributed by atoms with van der Waals surface area (Å²) >= 11 is 0. The number of carbonyl (C=O) groups excluding carboxylic acids is 2. The first-order chi connectivity index (χ1) is 12.1. The standard InChI is InChI=1S/C18H27N5O2/c1-3-15-6-4-5-7-23(15)18(25)16-12-17(20-13-19-16)22-10-8-21(9-11-22)14(2)24/h12-13,15H,3-11H2,1-2H3. The van der Waals surface area contributed by atoms with Crippen molar-refractivity contribution in [2.75, 3.05) is 37.6 Å². The van der Waals surface area contributed by atoms with Crippen LogP contribution in [0.25, 0.3) is 0 Å². The Bertz CT molecular complexity index is 628. The molecule has 0 aromatic carbocycles. The zero-order valence-electron chi connectivity index (χ0n) is 15.1. The van der Waals surface area contributed by atoms with Crippen LogP contribution >= 0.6 is 0 Å². The van der Waals surface area contributed by atoms with Crippen molar-refractivity contribution >= 4 is 17.6 Å². The Morgan fingerprint density at radius 3 is 2.56 bits per heavy atom. The maximum atomic E-state index is 12.9. The zero-order valence-corrected chi connectivity index (χ0v) is 15.1. The highest BCUT2D eigenvalue weighted by atomic mass is 16.2. The van der Waals surface area contributed by atoms with Gasteiger partial charge in [-0.1, -0.05) is 6.92 Å². The van der Waals surface area contributed by atoms with Gasteiger partial charge >= 0.3 is 0 Å². The third-order valence-corrected chi connectivity index (χ3v) is 5.28. The first-order valence-electron chi connectivity index (χ1n) is 9.23. The number of piperazine rings is 1. The maximum Gasteiger partial charge on any atom is 0.272 e. The topological polar surface area (TPSA) is 69.6 Å². The normalized spacial score (nSPS) is 21.4. The molecule has 0 spiro atoms. The Kier molecular flexibility index (Phi) is 5.50. The quantitative estimate of drug-likeness (QED) is 0.831. The molecule has 0 N–H and O–H groups in total. The second-order valence-corrected chi connectivity index (χ2v) is 6.81. The molecule has 0 radical (unpaired) electrons. The predicted molar refractivity (Wildman–Crippen MR) is 95.5 cm³/mol. The molecule has 2 fully saturated rings. The summed E-state index contributed by atoms with van der Waals surface area (Å²) in [5.74, 6) is 0.887. The van der Waals surface area contributed by atoms with Crippen LogP contribution in [0.5, 0.6) is 0 Å². The van der Waals surface area contributed by atoms with E-state index in [4.69, 9.17) is 0 Å². The largest absolute Gasteiger partial charge is 0.353 e. The van der Waals surface area contributed by atoms with E-state index >= 15 is 0 Å². The Morgan fingerprint density at radius 2 is 1.88 bits per heavy atom. The average molecular weight is 345 g/mol. The first-order valence-corrected chi connectivity index (χ1v) is 9.23. The number of hydrogen-bond acceptors (Lipinski definition) is 5. The van der Waals surface area contributed by atoms with Crippen LogP contribution in [0.2, 0.25) is 0 Å². The van der Waals surface area contributed by atoms with Gasteiger partial charge in [-0.2, -0.15) is 0 Å². The molecule has 1 atom stereocenters. The number of hydrogen-bond donors (Lipinski definition) is 0. The zero-order chi connectivity index (χ0) is 17.8. The number of likely N-dealkylation sites (tertiary alicyclic amines) is 1. The Morgan fingerprint density at radius 1 is 1.12 bits per heavy atom. The van der Waals surface area contributed by atoms with Gasteiger partial charge in [0, 0.05) is 51.8 Å². The van der Waals surface area contributed by atoms with Crippen LogP contribution < -0.4 is 4.90 Å². The number of rotatable bonds is 3. The fraction of sp³-hybridized carbons (Fsp3) is 0.667. The molecule has 0 bridgehead atoms. The van der Waals surface area contributed by atoms with E-state index in [1.165, 1.54) is 12.7 Å². The van der Waals surface area contributed by atoms with E-state index in [2.05, 4.69) is 21.8 Å². The van der Waals surface area contributed by atoms with E-state index in [-0.39, 0.29) is 11.8 Å². The summed E-state index contributed by atoms with van der Waals surface area (Å²) in [6, 6.07) is 2.12. The number of nitrogens with zero attached hydrogens (tertiary/aromatic N) is 5. The number of anilines is 1. The van der Waals surface area contributed by atoms with Crippen molar-refractivity contribution in [3.05, 3.63) is 18.1 Å². The lowest BCUT2D eigenvalue weighted by molar-refractivity contribution is -0.129. The van der Waals surface area contributed by atoms with Crippen molar-refractivity contribution in [2.45, 2.75) is 45.6 Å². The van der Waals surface area contributed by atoms with Crippen LogP contribution in [0, 0.1) is 0 Å².